The van der Waals surface area contributed by atoms with E-state index >= 15 is 0 Å². The molecule has 2 heteroatoms. The lowest BCUT2D eigenvalue weighted by Crippen LogP contribution is -2.02. The van der Waals surface area contributed by atoms with Gasteiger partial charge in [0, 0.05) is 0 Å². The van der Waals surface area contributed by atoms with Crippen molar-refractivity contribution in [3.05, 3.63) is 29.3 Å². The minimum absolute atomic E-state index is 0.656. The van der Waals surface area contributed by atoms with Gasteiger partial charge in [0.05, 0.1) is 18.2 Å². The Morgan fingerprint density at radius 1 is 1.40 bits per heavy atom. The molecule has 0 saturated heterocycles. The van der Waals surface area contributed by atoms with Crippen molar-refractivity contribution in [2.75, 3.05) is 6.61 Å². The molecule has 0 N–H and O–H groups in total. The Kier molecular flexibility index (Phi) is 4.17. The number of nitrogens with zero attached hydrogens (tertiary/aromatic N) is 1. The van der Waals surface area contributed by atoms with E-state index in [2.05, 4.69) is 19.9 Å². The first-order valence-corrected chi connectivity index (χ1v) is 5.27. The Labute approximate surface area is 91.5 Å². The summed E-state index contributed by atoms with van der Waals surface area (Å²) in [6.07, 6.45) is 1.06. The van der Waals surface area contributed by atoms with Crippen molar-refractivity contribution in [3.63, 3.8) is 0 Å². The number of hydrogen-bond acceptors (Lipinski definition) is 2. The summed E-state index contributed by atoms with van der Waals surface area (Å²) < 4.78 is 5.64. The predicted molar refractivity (Wildman–Crippen MR) is 60.8 cm³/mol. The van der Waals surface area contributed by atoms with E-state index in [1.165, 1.54) is 0 Å². The molecular formula is C13H17NO. The fourth-order valence-corrected chi connectivity index (χ4v) is 1.29. The Balaban J connectivity index is 2.59. The fraction of sp³-hybridized carbons (Fsp3) is 0.462. The Bertz CT molecular complexity index is 363. The molecule has 0 saturated carbocycles. The lowest BCUT2D eigenvalue weighted by molar-refractivity contribution is 0.288. The maximum absolute atomic E-state index is 8.71. The van der Waals surface area contributed by atoms with E-state index in [0.717, 1.165) is 24.3 Å². The van der Waals surface area contributed by atoms with E-state index in [-0.39, 0.29) is 0 Å². The summed E-state index contributed by atoms with van der Waals surface area (Å²) in [5.41, 5.74) is 1.71. The molecule has 0 amide bonds. The van der Waals surface area contributed by atoms with Crippen molar-refractivity contribution >= 4 is 0 Å². The molecule has 0 aliphatic carbocycles. The second-order valence-electron chi connectivity index (χ2n) is 4.12. The van der Waals surface area contributed by atoms with Gasteiger partial charge in [0.15, 0.2) is 0 Å². The molecule has 1 aromatic carbocycles. The van der Waals surface area contributed by atoms with E-state index < -0.39 is 0 Å². The standard InChI is InChI=1S/C13H17NO/c1-10(2)6-7-15-13-5-4-12(9-14)8-11(13)3/h4-5,8,10H,6-7H2,1-3H3. The van der Waals surface area contributed by atoms with Gasteiger partial charge in [0.1, 0.15) is 5.75 Å². The molecular weight excluding hydrogens is 186 g/mol. The van der Waals surface area contributed by atoms with Gasteiger partial charge < -0.3 is 4.74 Å². The number of hydrogen-bond donors (Lipinski definition) is 0. The minimum atomic E-state index is 0.656. The molecule has 0 fully saturated rings. The highest BCUT2D eigenvalue weighted by molar-refractivity contribution is 5.41. The third kappa shape index (κ3) is 3.63. The van der Waals surface area contributed by atoms with Crippen LogP contribution in [-0.4, -0.2) is 6.61 Å². The third-order valence-electron chi connectivity index (χ3n) is 2.26. The maximum Gasteiger partial charge on any atom is 0.122 e. The highest BCUT2D eigenvalue weighted by Crippen LogP contribution is 2.19. The molecule has 80 valence electrons. The molecule has 0 aromatic heterocycles. The second kappa shape index (κ2) is 5.41. The Hall–Kier alpha value is -1.49. The number of ether oxygens (including phenoxy) is 1. The Morgan fingerprint density at radius 2 is 2.13 bits per heavy atom. The van der Waals surface area contributed by atoms with Crippen LogP contribution in [0.2, 0.25) is 0 Å². The van der Waals surface area contributed by atoms with Crippen LogP contribution in [0.15, 0.2) is 18.2 Å². The topological polar surface area (TPSA) is 33.0 Å². The van der Waals surface area contributed by atoms with Crippen LogP contribution in [0.5, 0.6) is 5.75 Å². The molecule has 1 rings (SSSR count). The molecule has 0 aliphatic rings. The quantitative estimate of drug-likeness (QED) is 0.752. The number of benzene rings is 1. The number of nitriles is 1. The molecule has 0 aliphatic heterocycles. The van der Waals surface area contributed by atoms with Crippen molar-refractivity contribution in [3.8, 4) is 11.8 Å². The first kappa shape index (κ1) is 11.6. The van der Waals surface area contributed by atoms with E-state index in [4.69, 9.17) is 10.00 Å². The number of rotatable bonds is 4. The second-order valence-corrected chi connectivity index (χ2v) is 4.12. The summed E-state index contributed by atoms with van der Waals surface area (Å²) >= 11 is 0. The molecule has 15 heavy (non-hydrogen) atoms. The molecule has 0 heterocycles. The van der Waals surface area contributed by atoms with E-state index in [1.807, 2.05) is 19.1 Å². The van der Waals surface area contributed by atoms with Crippen LogP contribution in [0.3, 0.4) is 0 Å². The molecule has 0 radical (unpaired) electrons. The van der Waals surface area contributed by atoms with E-state index in [0.29, 0.717) is 11.5 Å². The van der Waals surface area contributed by atoms with Crippen LogP contribution in [0.4, 0.5) is 0 Å². The van der Waals surface area contributed by atoms with Crippen LogP contribution >= 0.6 is 0 Å². The zero-order chi connectivity index (χ0) is 11.3. The van der Waals surface area contributed by atoms with E-state index in [9.17, 15) is 0 Å². The lowest BCUT2D eigenvalue weighted by atomic mass is 10.1. The zero-order valence-corrected chi connectivity index (χ0v) is 9.58. The average Bonchev–Trinajstić information content (AvgIpc) is 2.20. The highest BCUT2D eigenvalue weighted by Gasteiger charge is 2.01. The van der Waals surface area contributed by atoms with Crippen molar-refractivity contribution in [1.29, 1.82) is 5.26 Å². The third-order valence-corrected chi connectivity index (χ3v) is 2.26. The summed E-state index contributed by atoms with van der Waals surface area (Å²) in [7, 11) is 0. The first-order chi connectivity index (χ1) is 7.13. The molecule has 0 atom stereocenters. The summed E-state index contributed by atoms with van der Waals surface area (Å²) in [6, 6.07) is 7.62. The van der Waals surface area contributed by atoms with Gasteiger partial charge in [-0.1, -0.05) is 13.8 Å². The van der Waals surface area contributed by atoms with Gasteiger partial charge in [-0.25, -0.2) is 0 Å². The van der Waals surface area contributed by atoms with Gasteiger partial charge in [0.25, 0.3) is 0 Å². The summed E-state index contributed by atoms with van der Waals surface area (Å²) in [5.74, 6) is 1.54. The molecule has 0 spiro atoms. The van der Waals surface area contributed by atoms with Gasteiger partial charge in [-0.15, -0.1) is 0 Å². The van der Waals surface area contributed by atoms with Crippen LogP contribution in [0, 0.1) is 24.2 Å². The van der Waals surface area contributed by atoms with E-state index in [1.54, 1.807) is 6.07 Å². The largest absolute Gasteiger partial charge is 0.493 e. The highest BCUT2D eigenvalue weighted by atomic mass is 16.5. The van der Waals surface area contributed by atoms with Crippen LogP contribution in [0.25, 0.3) is 0 Å². The molecule has 0 unspecified atom stereocenters. The van der Waals surface area contributed by atoms with Crippen LogP contribution < -0.4 is 4.74 Å². The van der Waals surface area contributed by atoms with Gasteiger partial charge in [-0.3, -0.25) is 0 Å². The molecule has 2 nitrogen and oxygen atoms in total. The van der Waals surface area contributed by atoms with Gasteiger partial charge in [-0.05, 0) is 43.0 Å². The molecule has 1 aromatic rings. The van der Waals surface area contributed by atoms with Crippen molar-refractivity contribution in [1.82, 2.24) is 0 Å². The zero-order valence-electron chi connectivity index (χ0n) is 9.58. The van der Waals surface area contributed by atoms with Crippen molar-refractivity contribution in [2.45, 2.75) is 27.2 Å². The van der Waals surface area contributed by atoms with Crippen molar-refractivity contribution in [2.24, 2.45) is 5.92 Å². The monoisotopic (exact) mass is 203 g/mol. The van der Waals surface area contributed by atoms with Crippen molar-refractivity contribution < 1.29 is 4.74 Å². The first-order valence-electron chi connectivity index (χ1n) is 5.27. The summed E-state index contributed by atoms with van der Waals surface area (Å²) in [4.78, 5) is 0. The maximum atomic E-state index is 8.71. The summed E-state index contributed by atoms with van der Waals surface area (Å²) in [5, 5.41) is 8.71. The Morgan fingerprint density at radius 3 is 2.67 bits per heavy atom. The van der Waals surface area contributed by atoms with Crippen LogP contribution in [-0.2, 0) is 0 Å². The van der Waals surface area contributed by atoms with Crippen LogP contribution in [0.1, 0.15) is 31.4 Å². The van der Waals surface area contributed by atoms with Gasteiger partial charge in [0.2, 0.25) is 0 Å². The number of aryl methyl sites for hydroxylation is 1. The lowest BCUT2D eigenvalue weighted by Gasteiger charge is -2.10. The van der Waals surface area contributed by atoms with Gasteiger partial charge >= 0.3 is 0 Å². The fourth-order valence-electron chi connectivity index (χ4n) is 1.29. The molecule has 0 bridgehead atoms. The smallest absolute Gasteiger partial charge is 0.122 e. The van der Waals surface area contributed by atoms with Gasteiger partial charge in [-0.2, -0.15) is 5.26 Å². The predicted octanol–water partition coefficient (Wildman–Crippen LogP) is 3.29. The summed E-state index contributed by atoms with van der Waals surface area (Å²) in [6.45, 7) is 7.06. The SMILES string of the molecule is Cc1cc(C#N)ccc1OCCC(C)C. The minimum Gasteiger partial charge on any atom is -0.493 e. The normalized spacial score (nSPS) is 10.1. The average molecular weight is 203 g/mol.